The maximum absolute atomic E-state index is 12.9. The number of anilines is 2. The highest BCUT2D eigenvalue weighted by Gasteiger charge is 2.26. The highest BCUT2D eigenvalue weighted by Crippen LogP contribution is 2.35. The largest absolute Gasteiger partial charge is 0.489 e. The summed E-state index contributed by atoms with van der Waals surface area (Å²) < 4.78 is 70.2. The molecule has 134 valence electrons. The fourth-order valence-corrected chi connectivity index (χ4v) is 4.39. The molecule has 1 aliphatic rings. The number of hydrogen-bond acceptors (Lipinski definition) is 5. The molecule has 3 rings (SSSR count). The van der Waals surface area contributed by atoms with Crippen LogP contribution in [0.3, 0.4) is 0 Å². The number of benzene rings is 2. The molecule has 0 unspecified atom stereocenters. The van der Waals surface area contributed by atoms with Crippen LogP contribution in [0.2, 0.25) is 0 Å². The molecule has 1 N–H and O–H groups in total. The van der Waals surface area contributed by atoms with Gasteiger partial charge in [-0.05, 0) is 36.4 Å². The Morgan fingerprint density at radius 3 is 2.40 bits per heavy atom. The fraction of sp³-hybridized carbons (Fsp3) is 0.200. The molecule has 0 saturated carbocycles. The van der Waals surface area contributed by atoms with Gasteiger partial charge < -0.3 is 4.74 Å². The van der Waals surface area contributed by atoms with E-state index in [-0.39, 0.29) is 29.5 Å². The van der Waals surface area contributed by atoms with Crippen LogP contribution < -0.4 is 13.8 Å². The van der Waals surface area contributed by atoms with Crippen molar-refractivity contribution < 1.29 is 26.0 Å². The maximum Gasteiger partial charge on any atom is 0.261 e. The van der Waals surface area contributed by atoms with Gasteiger partial charge in [-0.1, -0.05) is 0 Å². The van der Waals surface area contributed by atoms with Crippen LogP contribution in [0.15, 0.2) is 47.4 Å². The van der Waals surface area contributed by atoms with E-state index in [9.17, 15) is 21.2 Å². The Labute approximate surface area is 145 Å². The second-order valence-electron chi connectivity index (χ2n) is 5.43. The van der Waals surface area contributed by atoms with Gasteiger partial charge in [0, 0.05) is 6.07 Å². The van der Waals surface area contributed by atoms with Gasteiger partial charge in [-0.25, -0.2) is 21.2 Å². The van der Waals surface area contributed by atoms with E-state index in [0.717, 1.165) is 30.5 Å². The van der Waals surface area contributed by atoms with Gasteiger partial charge in [0.2, 0.25) is 10.0 Å². The third-order valence-electron chi connectivity index (χ3n) is 3.56. The molecule has 0 bridgehead atoms. The normalized spacial score (nSPS) is 14.6. The molecule has 0 atom stereocenters. The molecular formula is C15H15FN2O5S2. The van der Waals surface area contributed by atoms with E-state index in [1.54, 1.807) is 0 Å². The molecule has 0 saturated heterocycles. The van der Waals surface area contributed by atoms with Crippen LogP contribution in [0, 0.1) is 5.82 Å². The van der Waals surface area contributed by atoms with E-state index < -0.39 is 25.9 Å². The molecule has 0 aliphatic carbocycles. The summed E-state index contributed by atoms with van der Waals surface area (Å²) in [5, 5.41) is 0. The average molecular weight is 386 g/mol. The van der Waals surface area contributed by atoms with Crippen molar-refractivity contribution in [3.8, 4) is 5.75 Å². The summed E-state index contributed by atoms with van der Waals surface area (Å²) in [4.78, 5) is -0.0923. The topological polar surface area (TPSA) is 92.8 Å². The first kappa shape index (κ1) is 17.5. The van der Waals surface area contributed by atoms with Gasteiger partial charge in [0.05, 0.1) is 29.1 Å². The van der Waals surface area contributed by atoms with Crippen LogP contribution in [-0.4, -0.2) is 36.2 Å². The minimum atomic E-state index is -3.90. The maximum atomic E-state index is 12.9. The molecule has 10 heteroatoms. The number of sulfonamides is 2. The van der Waals surface area contributed by atoms with E-state index in [1.807, 2.05) is 0 Å². The van der Waals surface area contributed by atoms with Crippen molar-refractivity contribution in [3.05, 3.63) is 48.3 Å². The predicted octanol–water partition coefficient (Wildman–Crippen LogP) is 1.78. The quantitative estimate of drug-likeness (QED) is 0.865. The molecule has 0 spiro atoms. The Balaban J connectivity index is 1.91. The number of halogens is 1. The van der Waals surface area contributed by atoms with Gasteiger partial charge in [-0.3, -0.25) is 9.03 Å². The minimum Gasteiger partial charge on any atom is -0.489 e. The van der Waals surface area contributed by atoms with Crippen LogP contribution in [0.4, 0.5) is 15.8 Å². The van der Waals surface area contributed by atoms with Gasteiger partial charge >= 0.3 is 0 Å². The first-order valence-electron chi connectivity index (χ1n) is 7.20. The molecule has 25 heavy (non-hydrogen) atoms. The van der Waals surface area contributed by atoms with Crippen molar-refractivity contribution in [3.63, 3.8) is 0 Å². The van der Waals surface area contributed by atoms with Crippen molar-refractivity contribution in [2.75, 3.05) is 28.4 Å². The number of rotatable bonds is 4. The molecule has 1 heterocycles. The Morgan fingerprint density at radius 2 is 1.76 bits per heavy atom. The first-order valence-corrected chi connectivity index (χ1v) is 10.5. The van der Waals surface area contributed by atoms with E-state index in [1.165, 1.54) is 22.5 Å². The van der Waals surface area contributed by atoms with E-state index >= 15 is 0 Å². The summed E-state index contributed by atoms with van der Waals surface area (Å²) in [5.74, 6) is -0.280. The molecule has 0 aromatic heterocycles. The number of hydrogen-bond donors (Lipinski definition) is 1. The third kappa shape index (κ3) is 3.69. The fourth-order valence-electron chi connectivity index (χ4n) is 2.43. The van der Waals surface area contributed by atoms with Crippen LogP contribution in [0.25, 0.3) is 0 Å². The highest BCUT2D eigenvalue weighted by molar-refractivity contribution is 7.92. The van der Waals surface area contributed by atoms with Crippen LogP contribution in [0.1, 0.15) is 0 Å². The Kier molecular flexibility index (Phi) is 4.33. The lowest BCUT2D eigenvalue weighted by Crippen LogP contribution is -2.37. The van der Waals surface area contributed by atoms with Gasteiger partial charge in [0.15, 0.2) is 0 Å². The standard InChI is InChI=1S/C15H15FN2O5S2/c1-24(19,20)18-8-9-23-15-10-12(4-7-14(15)18)17-25(21,22)13-5-2-11(16)3-6-13/h2-7,10,17H,8-9H2,1H3. The zero-order valence-electron chi connectivity index (χ0n) is 13.1. The lowest BCUT2D eigenvalue weighted by Gasteiger charge is -2.29. The number of ether oxygens (including phenoxy) is 1. The zero-order valence-corrected chi connectivity index (χ0v) is 14.8. The molecule has 1 aliphatic heterocycles. The Morgan fingerprint density at radius 1 is 1.08 bits per heavy atom. The molecule has 2 aromatic carbocycles. The van der Waals surface area contributed by atoms with Crippen molar-refractivity contribution >= 4 is 31.4 Å². The van der Waals surface area contributed by atoms with Gasteiger partial charge in [-0.15, -0.1) is 0 Å². The lowest BCUT2D eigenvalue weighted by molar-refractivity contribution is 0.316. The molecule has 7 nitrogen and oxygen atoms in total. The summed E-state index contributed by atoms with van der Waals surface area (Å²) in [6.45, 7) is 0.348. The molecular weight excluding hydrogens is 371 g/mol. The number of nitrogens with zero attached hydrogens (tertiary/aromatic N) is 1. The van der Waals surface area contributed by atoms with Crippen molar-refractivity contribution in [1.29, 1.82) is 0 Å². The van der Waals surface area contributed by atoms with Crippen LogP contribution in [-0.2, 0) is 20.0 Å². The third-order valence-corrected chi connectivity index (χ3v) is 6.13. The van der Waals surface area contributed by atoms with E-state index in [2.05, 4.69) is 4.72 Å². The summed E-state index contributed by atoms with van der Waals surface area (Å²) >= 11 is 0. The van der Waals surface area contributed by atoms with E-state index in [0.29, 0.717) is 5.69 Å². The van der Waals surface area contributed by atoms with Gasteiger partial charge in [-0.2, -0.15) is 0 Å². The summed E-state index contributed by atoms with van der Waals surface area (Å²) in [7, 11) is -7.36. The zero-order chi connectivity index (χ0) is 18.2. The number of nitrogens with one attached hydrogen (secondary N) is 1. The SMILES string of the molecule is CS(=O)(=O)N1CCOc2cc(NS(=O)(=O)c3ccc(F)cc3)ccc21. The summed E-state index contributed by atoms with van der Waals surface area (Å²) in [5.41, 5.74) is 0.553. The lowest BCUT2D eigenvalue weighted by atomic mass is 10.2. The second-order valence-corrected chi connectivity index (χ2v) is 9.01. The number of fused-ring (bicyclic) bond motifs is 1. The Bertz CT molecular complexity index is 1000. The highest BCUT2D eigenvalue weighted by atomic mass is 32.2. The first-order chi connectivity index (χ1) is 11.7. The molecule has 0 radical (unpaired) electrons. The molecule has 0 amide bonds. The average Bonchev–Trinajstić information content (AvgIpc) is 2.53. The molecule has 2 aromatic rings. The predicted molar refractivity (Wildman–Crippen MR) is 91.3 cm³/mol. The van der Waals surface area contributed by atoms with Gasteiger partial charge in [0.1, 0.15) is 18.2 Å². The van der Waals surface area contributed by atoms with Crippen LogP contribution in [0.5, 0.6) is 5.75 Å². The summed E-state index contributed by atoms with van der Waals surface area (Å²) in [6.07, 6.45) is 1.09. The van der Waals surface area contributed by atoms with Crippen molar-refractivity contribution in [1.82, 2.24) is 0 Å². The van der Waals surface area contributed by atoms with Gasteiger partial charge in [0.25, 0.3) is 10.0 Å². The van der Waals surface area contributed by atoms with Crippen molar-refractivity contribution in [2.45, 2.75) is 4.90 Å². The molecule has 0 fully saturated rings. The van der Waals surface area contributed by atoms with E-state index in [4.69, 9.17) is 4.74 Å². The monoisotopic (exact) mass is 386 g/mol. The van der Waals surface area contributed by atoms with Crippen LogP contribution >= 0.6 is 0 Å². The Hall–Kier alpha value is -2.33. The smallest absolute Gasteiger partial charge is 0.261 e. The second kappa shape index (κ2) is 6.19. The van der Waals surface area contributed by atoms with Crippen molar-refractivity contribution in [2.24, 2.45) is 0 Å². The summed E-state index contributed by atoms with van der Waals surface area (Å²) in [6, 6.07) is 8.72. The minimum absolute atomic E-state index is 0.0923.